The molecule has 176 valence electrons. The van der Waals surface area contributed by atoms with E-state index in [2.05, 4.69) is 15.1 Å². The summed E-state index contributed by atoms with van der Waals surface area (Å²) in [7, 11) is -2.99. The third kappa shape index (κ3) is 4.02. The van der Waals surface area contributed by atoms with Crippen molar-refractivity contribution in [2.75, 3.05) is 11.4 Å². The van der Waals surface area contributed by atoms with E-state index in [1.807, 2.05) is 0 Å². The number of hydrogen-bond donors (Lipinski definition) is 1. The van der Waals surface area contributed by atoms with Gasteiger partial charge in [-0.15, -0.1) is 0 Å². The standard InChI is InChI=1S/C24H17FN4O5S/c1-33-22-12-18(16-3-2-9-26-14-16)19(25)13-21(22)29(23-8-10-34-28-23)35(31,32)17-5-6-20-15(11-17)4-7-24(30)27-20/h2-14H,1H3,(H,27,30). The summed E-state index contributed by atoms with van der Waals surface area (Å²) >= 11 is 0. The van der Waals surface area contributed by atoms with E-state index in [9.17, 15) is 13.2 Å². The molecule has 0 fully saturated rings. The van der Waals surface area contributed by atoms with Crippen LogP contribution in [0.5, 0.6) is 5.75 Å². The average Bonchev–Trinajstić information content (AvgIpc) is 3.38. The van der Waals surface area contributed by atoms with E-state index in [-0.39, 0.29) is 33.3 Å². The van der Waals surface area contributed by atoms with Crippen LogP contribution in [-0.4, -0.2) is 30.7 Å². The maximum Gasteiger partial charge on any atom is 0.270 e. The number of anilines is 2. The number of benzene rings is 2. The molecule has 11 heteroatoms. The Hall–Kier alpha value is -4.51. The lowest BCUT2D eigenvalue weighted by Gasteiger charge is -2.24. The first-order valence-corrected chi connectivity index (χ1v) is 11.7. The molecule has 0 aliphatic heterocycles. The molecule has 0 bridgehead atoms. The quantitative estimate of drug-likeness (QED) is 0.376. The van der Waals surface area contributed by atoms with Crippen LogP contribution in [0.15, 0.2) is 93.5 Å². The van der Waals surface area contributed by atoms with Gasteiger partial charge in [-0.05, 0) is 41.8 Å². The number of nitrogens with zero attached hydrogens (tertiary/aromatic N) is 3. The molecule has 0 atom stereocenters. The molecule has 9 nitrogen and oxygen atoms in total. The van der Waals surface area contributed by atoms with Crippen molar-refractivity contribution in [3.8, 4) is 16.9 Å². The molecule has 3 aromatic heterocycles. The Morgan fingerprint density at radius 1 is 1.09 bits per heavy atom. The summed E-state index contributed by atoms with van der Waals surface area (Å²) in [5, 5.41) is 4.28. The largest absolute Gasteiger partial charge is 0.495 e. The minimum Gasteiger partial charge on any atom is -0.495 e. The average molecular weight is 492 g/mol. The molecule has 5 rings (SSSR count). The van der Waals surface area contributed by atoms with Crippen molar-refractivity contribution in [2.24, 2.45) is 0 Å². The summed E-state index contributed by atoms with van der Waals surface area (Å²) < 4.78 is 54.2. The first-order chi connectivity index (χ1) is 16.9. The molecule has 1 N–H and O–H groups in total. The van der Waals surface area contributed by atoms with Crippen LogP contribution in [0.25, 0.3) is 22.0 Å². The van der Waals surface area contributed by atoms with Gasteiger partial charge in [-0.1, -0.05) is 11.2 Å². The van der Waals surface area contributed by atoms with Crippen LogP contribution in [-0.2, 0) is 10.0 Å². The number of fused-ring (bicyclic) bond motifs is 1. The van der Waals surface area contributed by atoms with E-state index >= 15 is 4.39 Å². The number of ether oxygens (including phenoxy) is 1. The Kier molecular flexibility index (Phi) is 5.53. The molecular weight excluding hydrogens is 475 g/mol. The van der Waals surface area contributed by atoms with Crippen LogP contribution in [0, 0.1) is 5.82 Å². The first kappa shape index (κ1) is 22.3. The van der Waals surface area contributed by atoms with Crippen LogP contribution < -0.4 is 14.6 Å². The zero-order valence-electron chi connectivity index (χ0n) is 18.2. The normalized spacial score (nSPS) is 11.5. The molecule has 5 aromatic rings. The fraction of sp³-hybridized carbons (Fsp3) is 0.0417. The molecule has 0 amide bonds. The summed E-state index contributed by atoms with van der Waals surface area (Å²) in [4.78, 5) is 18.1. The number of halogens is 1. The molecule has 0 aliphatic carbocycles. The molecule has 0 spiro atoms. The van der Waals surface area contributed by atoms with E-state index in [0.29, 0.717) is 16.5 Å². The zero-order valence-corrected chi connectivity index (χ0v) is 19.0. The number of aromatic nitrogens is 3. The second-order valence-electron chi connectivity index (χ2n) is 7.44. The fourth-order valence-corrected chi connectivity index (χ4v) is 5.16. The lowest BCUT2D eigenvalue weighted by molar-refractivity contribution is 0.413. The van der Waals surface area contributed by atoms with E-state index in [0.717, 1.165) is 10.4 Å². The lowest BCUT2D eigenvalue weighted by Crippen LogP contribution is -2.27. The highest BCUT2D eigenvalue weighted by Crippen LogP contribution is 2.41. The molecule has 0 unspecified atom stereocenters. The van der Waals surface area contributed by atoms with Crippen molar-refractivity contribution in [2.45, 2.75) is 4.90 Å². The van der Waals surface area contributed by atoms with Crippen molar-refractivity contribution < 1.29 is 22.1 Å². The molecule has 0 aliphatic rings. The second-order valence-corrected chi connectivity index (χ2v) is 9.23. The Labute approximate surface area is 198 Å². The topological polar surface area (TPSA) is 118 Å². The summed E-state index contributed by atoms with van der Waals surface area (Å²) in [5.74, 6) is -0.700. The van der Waals surface area contributed by atoms with Gasteiger partial charge in [0.1, 0.15) is 23.5 Å². The molecule has 0 radical (unpaired) electrons. The zero-order chi connectivity index (χ0) is 24.6. The van der Waals surface area contributed by atoms with E-state index in [1.165, 1.54) is 62.0 Å². The van der Waals surface area contributed by atoms with E-state index in [1.54, 1.807) is 18.3 Å². The minimum atomic E-state index is -4.35. The van der Waals surface area contributed by atoms with Crippen molar-refractivity contribution in [3.05, 3.63) is 95.5 Å². The van der Waals surface area contributed by atoms with Crippen LogP contribution in [0.3, 0.4) is 0 Å². The van der Waals surface area contributed by atoms with Crippen molar-refractivity contribution >= 4 is 32.4 Å². The van der Waals surface area contributed by atoms with Crippen molar-refractivity contribution in [1.29, 1.82) is 0 Å². The maximum absolute atomic E-state index is 15.3. The fourth-order valence-electron chi connectivity index (χ4n) is 3.69. The third-order valence-corrected chi connectivity index (χ3v) is 7.04. The Balaban J connectivity index is 1.71. The number of aromatic amines is 1. The van der Waals surface area contributed by atoms with Gasteiger partial charge in [-0.2, -0.15) is 0 Å². The summed E-state index contributed by atoms with van der Waals surface area (Å²) in [5.41, 5.74) is 0.730. The third-order valence-electron chi connectivity index (χ3n) is 5.33. The maximum atomic E-state index is 15.3. The van der Waals surface area contributed by atoms with Gasteiger partial charge in [-0.3, -0.25) is 9.78 Å². The summed E-state index contributed by atoms with van der Waals surface area (Å²) in [6.45, 7) is 0. The van der Waals surface area contributed by atoms with Crippen molar-refractivity contribution in [1.82, 2.24) is 15.1 Å². The predicted molar refractivity (Wildman–Crippen MR) is 127 cm³/mol. The number of rotatable bonds is 6. The van der Waals surface area contributed by atoms with Gasteiger partial charge >= 0.3 is 0 Å². The summed E-state index contributed by atoms with van der Waals surface area (Å²) in [6, 6.07) is 14.2. The van der Waals surface area contributed by atoms with Gasteiger partial charge in [0, 0.05) is 47.2 Å². The van der Waals surface area contributed by atoms with Gasteiger partial charge < -0.3 is 14.2 Å². The summed E-state index contributed by atoms with van der Waals surface area (Å²) in [6.07, 6.45) is 4.25. The SMILES string of the molecule is COc1cc(-c2cccnc2)c(F)cc1N(c1ccon1)S(=O)(=O)c1ccc2[nH]c(=O)ccc2c1. The van der Waals surface area contributed by atoms with E-state index in [4.69, 9.17) is 9.26 Å². The smallest absolute Gasteiger partial charge is 0.270 e. The Morgan fingerprint density at radius 2 is 1.94 bits per heavy atom. The van der Waals surface area contributed by atoms with Crippen LogP contribution in [0.2, 0.25) is 0 Å². The molecule has 0 saturated carbocycles. The van der Waals surface area contributed by atoms with Gasteiger partial charge in [0.15, 0.2) is 5.82 Å². The second kappa shape index (κ2) is 8.69. The highest BCUT2D eigenvalue weighted by atomic mass is 32.2. The minimum absolute atomic E-state index is 0.0851. The highest BCUT2D eigenvalue weighted by molar-refractivity contribution is 7.93. The van der Waals surface area contributed by atoms with E-state index < -0.39 is 15.8 Å². The van der Waals surface area contributed by atoms with Gasteiger partial charge in [0.25, 0.3) is 10.0 Å². The predicted octanol–water partition coefficient (Wildman–Crippen LogP) is 4.25. The van der Waals surface area contributed by atoms with Crippen molar-refractivity contribution in [3.63, 3.8) is 0 Å². The number of pyridine rings is 2. The van der Waals surface area contributed by atoms with Crippen LogP contribution >= 0.6 is 0 Å². The Bertz CT molecular complexity index is 1690. The molecule has 2 aromatic carbocycles. The number of sulfonamides is 1. The van der Waals surface area contributed by atoms with Gasteiger partial charge in [0.2, 0.25) is 5.56 Å². The molecule has 35 heavy (non-hydrogen) atoms. The van der Waals surface area contributed by atoms with Crippen LogP contribution in [0.4, 0.5) is 15.9 Å². The first-order valence-electron chi connectivity index (χ1n) is 10.3. The van der Waals surface area contributed by atoms with Gasteiger partial charge in [0.05, 0.1) is 12.0 Å². The molecule has 0 saturated heterocycles. The Morgan fingerprint density at radius 3 is 2.66 bits per heavy atom. The highest BCUT2D eigenvalue weighted by Gasteiger charge is 2.32. The number of nitrogens with one attached hydrogen (secondary N) is 1. The molecule has 3 heterocycles. The molecular formula is C24H17FN4O5S. The number of hydrogen-bond acceptors (Lipinski definition) is 7. The van der Waals surface area contributed by atoms with Crippen LogP contribution in [0.1, 0.15) is 0 Å². The van der Waals surface area contributed by atoms with Gasteiger partial charge in [-0.25, -0.2) is 17.1 Å². The number of H-pyrrole nitrogens is 1. The monoisotopic (exact) mass is 492 g/mol. The lowest BCUT2D eigenvalue weighted by atomic mass is 10.1. The number of methoxy groups -OCH3 is 1.